The summed E-state index contributed by atoms with van der Waals surface area (Å²) in [6.07, 6.45) is 1.79. The highest BCUT2D eigenvalue weighted by molar-refractivity contribution is 5.49. The van der Waals surface area contributed by atoms with Crippen LogP contribution < -0.4 is 15.0 Å². The number of rotatable bonds is 5. The van der Waals surface area contributed by atoms with Gasteiger partial charge in [-0.2, -0.15) is 0 Å². The van der Waals surface area contributed by atoms with E-state index in [0.717, 1.165) is 17.1 Å². The van der Waals surface area contributed by atoms with Crippen molar-refractivity contribution in [3.63, 3.8) is 0 Å². The maximum Gasteiger partial charge on any atom is 0.160 e. The minimum Gasteiger partial charge on any atom is -0.504 e. The van der Waals surface area contributed by atoms with Crippen LogP contribution in [0.2, 0.25) is 0 Å². The fourth-order valence-corrected chi connectivity index (χ4v) is 1.80. The predicted molar refractivity (Wildman–Crippen MR) is 80.5 cm³/mol. The zero-order valence-electron chi connectivity index (χ0n) is 11.9. The Morgan fingerprint density at radius 1 is 1.25 bits per heavy atom. The van der Waals surface area contributed by atoms with E-state index in [2.05, 4.69) is 10.3 Å². The molecule has 106 valence electrons. The summed E-state index contributed by atoms with van der Waals surface area (Å²) in [5.41, 5.74) is 1.91. The molecule has 0 bridgehead atoms. The molecule has 20 heavy (non-hydrogen) atoms. The zero-order valence-corrected chi connectivity index (χ0v) is 11.9. The first-order valence-electron chi connectivity index (χ1n) is 6.33. The van der Waals surface area contributed by atoms with Gasteiger partial charge < -0.3 is 20.1 Å². The van der Waals surface area contributed by atoms with E-state index in [1.165, 1.54) is 7.11 Å². The van der Waals surface area contributed by atoms with Crippen LogP contribution in [0.1, 0.15) is 5.56 Å². The molecule has 0 saturated heterocycles. The molecule has 1 heterocycles. The lowest BCUT2D eigenvalue weighted by atomic mass is 10.2. The normalized spacial score (nSPS) is 10.2. The van der Waals surface area contributed by atoms with Crippen LogP contribution in [0.3, 0.4) is 0 Å². The maximum atomic E-state index is 9.72. The van der Waals surface area contributed by atoms with Crippen LogP contribution in [0.15, 0.2) is 36.5 Å². The van der Waals surface area contributed by atoms with E-state index >= 15 is 0 Å². The first-order chi connectivity index (χ1) is 9.60. The van der Waals surface area contributed by atoms with Gasteiger partial charge in [-0.15, -0.1) is 0 Å². The second-order valence-corrected chi connectivity index (χ2v) is 4.66. The van der Waals surface area contributed by atoms with E-state index in [1.807, 2.05) is 37.2 Å². The number of benzene rings is 1. The van der Waals surface area contributed by atoms with E-state index in [-0.39, 0.29) is 5.75 Å². The van der Waals surface area contributed by atoms with Crippen molar-refractivity contribution in [2.75, 3.05) is 31.4 Å². The Hall–Kier alpha value is -2.43. The number of aromatic nitrogens is 1. The SMILES string of the molecule is COc1ccc(CNc2ccc(N(C)C)nc2)cc1O. The summed E-state index contributed by atoms with van der Waals surface area (Å²) in [4.78, 5) is 6.28. The van der Waals surface area contributed by atoms with Crippen molar-refractivity contribution in [1.82, 2.24) is 4.98 Å². The van der Waals surface area contributed by atoms with Gasteiger partial charge in [-0.25, -0.2) is 4.98 Å². The molecule has 0 aliphatic heterocycles. The van der Waals surface area contributed by atoms with Crippen LogP contribution in [0.4, 0.5) is 11.5 Å². The van der Waals surface area contributed by atoms with Crippen LogP contribution in [0.5, 0.6) is 11.5 Å². The summed E-state index contributed by atoms with van der Waals surface area (Å²) in [5.74, 6) is 1.54. The molecule has 5 nitrogen and oxygen atoms in total. The van der Waals surface area contributed by atoms with E-state index < -0.39 is 0 Å². The third-order valence-electron chi connectivity index (χ3n) is 2.95. The number of hydrogen-bond donors (Lipinski definition) is 2. The third kappa shape index (κ3) is 3.32. The van der Waals surface area contributed by atoms with E-state index in [0.29, 0.717) is 12.3 Å². The maximum absolute atomic E-state index is 9.72. The minimum atomic E-state index is 0.146. The van der Waals surface area contributed by atoms with Crippen molar-refractivity contribution < 1.29 is 9.84 Å². The number of aromatic hydroxyl groups is 1. The zero-order chi connectivity index (χ0) is 14.5. The molecule has 0 aliphatic rings. The van der Waals surface area contributed by atoms with E-state index in [4.69, 9.17) is 4.74 Å². The number of anilines is 2. The lowest BCUT2D eigenvalue weighted by Gasteiger charge is -2.12. The van der Waals surface area contributed by atoms with Gasteiger partial charge in [0.2, 0.25) is 0 Å². The van der Waals surface area contributed by atoms with Crippen LogP contribution in [0, 0.1) is 0 Å². The molecular formula is C15H19N3O2. The molecule has 0 radical (unpaired) electrons. The molecule has 1 aromatic carbocycles. The standard InChI is InChI=1S/C15H19N3O2/c1-18(2)15-7-5-12(10-17-15)16-9-11-4-6-14(20-3)13(19)8-11/h4-8,10,16,19H,9H2,1-3H3. The molecule has 0 atom stereocenters. The number of ether oxygens (including phenoxy) is 1. The predicted octanol–water partition coefficient (Wildman–Crippen LogP) is 2.47. The molecule has 2 N–H and O–H groups in total. The average molecular weight is 273 g/mol. The summed E-state index contributed by atoms with van der Waals surface area (Å²) in [6.45, 7) is 0.612. The number of phenolic OH excluding ortho intramolecular Hbond substituents is 1. The number of nitrogens with one attached hydrogen (secondary N) is 1. The highest BCUT2D eigenvalue weighted by atomic mass is 16.5. The smallest absolute Gasteiger partial charge is 0.160 e. The second kappa shape index (κ2) is 6.14. The fourth-order valence-electron chi connectivity index (χ4n) is 1.80. The van der Waals surface area contributed by atoms with Crippen molar-refractivity contribution in [2.45, 2.75) is 6.54 Å². The van der Waals surface area contributed by atoms with Crippen molar-refractivity contribution in [1.29, 1.82) is 0 Å². The molecular weight excluding hydrogens is 254 g/mol. The Kier molecular flexibility index (Phi) is 4.30. The summed E-state index contributed by atoms with van der Waals surface area (Å²) in [6, 6.07) is 9.28. The van der Waals surface area contributed by atoms with Crippen molar-refractivity contribution >= 4 is 11.5 Å². The van der Waals surface area contributed by atoms with Gasteiger partial charge in [0, 0.05) is 20.6 Å². The number of phenols is 1. The number of hydrogen-bond acceptors (Lipinski definition) is 5. The van der Waals surface area contributed by atoms with Crippen molar-refractivity contribution in [3.05, 3.63) is 42.1 Å². The minimum absolute atomic E-state index is 0.146. The highest BCUT2D eigenvalue weighted by Crippen LogP contribution is 2.26. The lowest BCUT2D eigenvalue weighted by molar-refractivity contribution is 0.373. The highest BCUT2D eigenvalue weighted by Gasteiger charge is 2.03. The fraction of sp³-hybridized carbons (Fsp3) is 0.267. The molecule has 0 unspecified atom stereocenters. The topological polar surface area (TPSA) is 57.6 Å². The Morgan fingerprint density at radius 3 is 2.60 bits per heavy atom. The Bertz CT molecular complexity index is 568. The van der Waals surface area contributed by atoms with Crippen LogP contribution in [-0.4, -0.2) is 31.3 Å². The van der Waals surface area contributed by atoms with Crippen molar-refractivity contribution in [3.8, 4) is 11.5 Å². The Morgan fingerprint density at radius 2 is 2.05 bits per heavy atom. The molecule has 0 amide bonds. The monoisotopic (exact) mass is 273 g/mol. The van der Waals surface area contributed by atoms with Gasteiger partial charge in [-0.3, -0.25) is 0 Å². The van der Waals surface area contributed by atoms with Gasteiger partial charge in [0.1, 0.15) is 5.82 Å². The number of nitrogens with zero attached hydrogens (tertiary/aromatic N) is 2. The molecule has 2 rings (SSSR count). The quantitative estimate of drug-likeness (QED) is 0.876. The van der Waals surface area contributed by atoms with E-state index in [9.17, 15) is 5.11 Å². The molecule has 0 spiro atoms. The van der Waals surface area contributed by atoms with Gasteiger partial charge in [0.05, 0.1) is 19.0 Å². The first-order valence-corrected chi connectivity index (χ1v) is 6.33. The van der Waals surface area contributed by atoms with Crippen LogP contribution >= 0.6 is 0 Å². The summed E-state index contributed by atoms with van der Waals surface area (Å²) >= 11 is 0. The van der Waals surface area contributed by atoms with Crippen LogP contribution in [0.25, 0.3) is 0 Å². The van der Waals surface area contributed by atoms with Gasteiger partial charge in [0.15, 0.2) is 11.5 Å². The summed E-state index contributed by atoms with van der Waals surface area (Å²) in [7, 11) is 5.44. The average Bonchev–Trinajstić information content (AvgIpc) is 2.45. The lowest BCUT2D eigenvalue weighted by Crippen LogP contribution is -2.10. The van der Waals surface area contributed by atoms with E-state index in [1.54, 1.807) is 18.3 Å². The number of methoxy groups -OCH3 is 1. The van der Waals surface area contributed by atoms with Gasteiger partial charge >= 0.3 is 0 Å². The summed E-state index contributed by atoms with van der Waals surface area (Å²) in [5, 5.41) is 13.0. The molecule has 2 aromatic rings. The number of pyridine rings is 1. The summed E-state index contributed by atoms with van der Waals surface area (Å²) < 4.78 is 5.01. The molecule has 0 fully saturated rings. The third-order valence-corrected chi connectivity index (χ3v) is 2.95. The van der Waals surface area contributed by atoms with Gasteiger partial charge in [-0.1, -0.05) is 6.07 Å². The first kappa shape index (κ1) is 14.0. The van der Waals surface area contributed by atoms with Gasteiger partial charge in [0.25, 0.3) is 0 Å². The molecule has 0 aliphatic carbocycles. The second-order valence-electron chi connectivity index (χ2n) is 4.66. The Balaban J connectivity index is 1.99. The largest absolute Gasteiger partial charge is 0.504 e. The van der Waals surface area contributed by atoms with Crippen molar-refractivity contribution in [2.24, 2.45) is 0 Å². The molecule has 5 heteroatoms. The van der Waals surface area contributed by atoms with Crippen LogP contribution in [-0.2, 0) is 6.54 Å². The van der Waals surface area contributed by atoms with Gasteiger partial charge in [-0.05, 0) is 29.8 Å². The Labute approximate surface area is 118 Å². The molecule has 1 aromatic heterocycles. The molecule has 0 saturated carbocycles.